The molecule has 0 unspecified atom stereocenters. The number of piperidine rings is 2. The Balaban J connectivity index is 0.000000201. The average molecular weight is 716 g/mol. The van der Waals surface area contributed by atoms with Crippen LogP contribution in [0.5, 0.6) is 0 Å². The molecule has 2 aromatic rings. The maximum atomic E-state index is 11.9. The minimum atomic E-state index is 0.0309. The van der Waals surface area contributed by atoms with Crippen LogP contribution in [0.2, 0.25) is 0 Å². The van der Waals surface area contributed by atoms with Gasteiger partial charge in [0.15, 0.2) is 0 Å². The maximum absolute atomic E-state index is 11.9. The van der Waals surface area contributed by atoms with Crippen LogP contribution >= 0.6 is 45.2 Å². The van der Waals surface area contributed by atoms with E-state index in [1.807, 2.05) is 48.5 Å². The molecule has 2 aromatic carbocycles. The lowest BCUT2D eigenvalue weighted by Gasteiger charge is -2.26. The smallest absolute Gasteiger partial charge is 0.251 e. The molecule has 2 amide bonds. The standard InChI is InChI=1S/2C14H19IN2O/c2*15-13-6-4-12(5-7-13)14(18)16-8-11-17-9-2-1-3-10-17/h2*4-7H,1-3,8-11H2,(H,16,18). The summed E-state index contributed by atoms with van der Waals surface area (Å²) >= 11 is 4.48. The van der Waals surface area contributed by atoms with Crippen molar-refractivity contribution in [1.82, 2.24) is 20.4 Å². The van der Waals surface area contributed by atoms with Crippen LogP contribution in [-0.4, -0.2) is 74.0 Å². The number of halogens is 2. The molecule has 0 bridgehead atoms. The normalized spacial score (nSPS) is 16.5. The first-order valence-corrected chi connectivity index (χ1v) is 15.2. The van der Waals surface area contributed by atoms with Crippen molar-refractivity contribution in [1.29, 1.82) is 0 Å². The number of benzene rings is 2. The van der Waals surface area contributed by atoms with E-state index in [0.717, 1.165) is 44.4 Å². The molecule has 2 aliphatic heterocycles. The summed E-state index contributed by atoms with van der Waals surface area (Å²) in [6.45, 7) is 8.14. The number of amides is 2. The summed E-state index contributed by atoms with van der Waals surface area (Å²) in [5.74, 6) is 0.0619. The van der Waals surface area contributed by atoms with Gasteiger partial charge in [0.1, 0.15) is 0 Å². The summed E-state index contributed by atoms with van der Waals surface area (Å²) in [5, 5.41) is 5.97. The Morgan fingerprint density at radius 1 is 0.583 bits per heavy atom. The highest BCUT2D eigenvalue weighted by atomic mass is 127. The molecule has 8 heteroatoms. The quantitative estimate of drug-likeness (QED) is 0.378. The second-order valence-electron chi connectivity index (χ2n) is 9.33. The van der Waals surface area contributed by atoms with Gasteiger partial charge in [0.25, 0.3) is 11.8 Å². The molecule has 0 aliphatic carbocycles. The number of rotatable bonds is 8. The molecule has 0 spiro atoms. The van der Waals surface area contributed by atoms with Crippen LogP contribution in [0.3, 0.4) is 0 Å². The van der Waals surface area contributed by atoms with Gasteiger partial charge in [-0.3, -0.25) is 9.59 Å². The number of nitrogens with zero attached hydrogens (tertiary/aromatic N) is 2. The molecule has 2 heterocycles. The molecule has 36 heavy (non-hydrogen) atoms. The summed E-state index contributed by atoms with van der Waals surface area (Å²) < 4.78 is 2.30. The van der Waals surface area contributed by atoms with Crippen LogP contribution in [0, 0.1) is 7.14 Å². The Morgan fingerprint density at radius 3 is 1.25 bits per heavy atom. The molecule has 0 atom stereocenters. The van der Waals surface area contributed by atoms with E-state index < -0.39 is 0 Å². The molecule has 0 saturated carbocycles. The van der Waals surface area contributed by atoms with Crippen LogP contribution in [0.15, 0.2) is 48.5 Å². The number of likely N-dealkylation sites (tertiary alicyclic amines) is 2. The predicted molar refractivity (Wildman–Crippen MR) is 164 cm³/mol. The summed E-state index contributed by atoms with van der Waals surface area (Å²) in [6.07, 6.45) is 7.89. The van der Waals surface area contributed by atoms with Gasteiger partial charge in [-0.15, -0.1) is 0 Å². The van der Waals surface area contributed by atoms with E-state index in [1.54, 1.807) is 0 Å². The Morgan fingerprint density at radius 2 is 0.917 bits per heavy atom. The summed E-state index contributed by atoms with van der Waals surface area (Å²) in [6, 6.07) is 15.3. The van der Waals surface area contributed by atoms with Crippen LogP contribution in [0.1, 0.15) is 59.2 Å². The van der Waals surface area contributed by atoms with Crippen molar-refractivity contribution in [2.75, 3.05) is 52.4 Å². The van der Waals surface area contributed by atoms with E-state index in [2.05, 4.69) is 65.6 Å². The first kappa shape index (κ1) is 29.3. The third-order valence-corrected chi connectivity index (χ3v) is 7.98. The van der Waals surface area contributed by atoms with Gasteiger partial charge < -0.3 is 20.4 Å². The Hall–Kier alpha value is -1.24. The van der Waals surface area contributed by atoms with Crippen molar-refractivity contribution < 1.29 is 9.59 Å². The Labute approximate surface area is 243 Å². The van der Waals surface area contributed by atoms with Crippen molar-refractivity contribution in [2.45, 2.75) is 38.5 Å². The maximum Gasteiger partial charge on any atom is 0.251 e. The number of hydrogen-bond acceptors (Lipinski definition) is 4. The van der Waals surface area contributed by atoms with Gasteiger partial charge in [-0.1, -0.05) is 12.8 Å². The van der Waals surface area contributed by atoms with Gasteiger partial charge in [-0.05, 0) is 146 Å². The van der Waals surface area contributed by atoms with Crippen LogP contribution in [-0.2, 0) is 0 Å². The first-order chi connectivity index (χ1) is 17.5. The summed E-state index contributed by atoms with van der Waals surface area (Å²) in [5.41, 5.74) is 1.49. The predicted octanol–water partition coefficient (Wildman–Crippen LogP) is 5.01. The molecule has 2 saturated heterocycles. The molecule has 0 radical (unpaired) electrons. The molecule has 2 fully saturated rings. The molecule has 2 N–H and O–H groups in total. The van der Waals surface area contributed by atoms with E-state index in [4.69, 9.17) is 0 Å². The second kappa shape index (κ2) is 16.6. The van der Waals surface area contributed by atoms with Crippen molar-refractivity contribution in [3.63, 3.8) is 0 Å². The van der Waals surface area contributed by atoms with E-state index in [-0.39, 0.29) is 11.8 Å². The third kappa shape index (κ3) is 11.0. The van der Waals surface area contributed by atoms with Crippen LogP contribution < -0.4 is 10.6 Å². The number of nitrogens with one attached hydrogen (secondary N) is 2. The number of hydrogen-bond donors (Lipinski definition) is 2. The van der Waals surface area contributed by atoms with Crippen molar-refractivity contribution in [3.05, 3.63) is 66.8 Å². The minimum absolute atomic E-state index is 0.0309. The molecular weight excluding hydrogens is 678 g/mol. The fraction of sp³-hybridized carbons (Fsp3) is 0.500. The zero-order chi connectivity index (χ0) is 25.6. The van der Waals surface area contributed by atoms with Crippen molar-refractivity contribution in [2.24, 2.45) is 0 Å². The second-order valence-corrected chi connectivity index (χ2v) is 11.8. The fourth-order valence-corrected chi connectivity index (χ4v) is 5.15. The van der Waals surface area contributed by atoms with Gasteiger partial charge >= 0.3 is 0 Å². The lowest BCUT2D eigenvalue weighted by Crippen LogP contribution is -2.37. The Bertz CT molecular complexity index is 848. The summed E-state index contributed by atoms with van der Waals surface area (Å²) in [7, 11) is 0. The Kier molecular flexibility index (Phi) is 13.5. The fourth-order valence-electron chi connectivity index (χ4n) is 4.43. The molecule has 196 valence electrons. The van der Waals surface area contributed by atoms with Gasteiger partial charge in [-0.25, -0.2) is 0 Å². The van der Waals surface area contributed by atoms with E-state index >= 15 is 0 Å². The highest BCUT2D eigenvalue weighted by Crippen LogP contribution is 2.10. The third-order valence-electron chi connectivity index (χ3n) is 6.54. The highest BCUT2D eigenvalue weighted by molar-refractivity contribution is 14.1. The van der Waals surface area contributed by atoms with Crippen molar-refractivity contribution >= 4 is 57.0 Å². The van der Waals surface area contributed by atoms with E-state index in [0.29, 0.717) is 0 Å². The molecule has 2 aliphatic rings. The zero-order valence-electron chi connectivity index (χ0n) is 21.0. The van der Waals surface area contributed by atoms with Gasteiger partial charge in [0.2, 0.25) is 0 Å². The van der Waals surface area contributed by atoms with Crippen LogP contribution in [0.4, 0.5) is 0 Å². The lowest BCUT2D eigenvalue weighted by atomic mass is 10.1. The molecule has 6 nitrogen and oxygen atoms in total. The van der Waals surface area contributed by atoms with Gasteiger partial charge in [0, 0.05) is 44.4 Å². The highest BCUT2D eigenvalue weighted by Gasteiger charge is 2.11. The van der Waals surface area contributed by atoms with Crippen LogP contribution in [0.25, 0.3) is 0 Å². The number of carbonyl (C=O) groups excluding carboxylic acids is 2. The SMILES string of the molecule is O=C(NCCN1CCCCC1)c1ccc(I)cc1.O=C(NCCN1CCCCC1)c1ccc(I)cc1. The largest absolute Gasteiger partial charge is 0.351 e. The van der Waals surface area contributed by atoms with E-state index in [1.165, 1.54) is 64.7 Å². The first-order valence-electron chi connectivity index (χ1n) is 13.0. The zero-order valence-corrected chi connectivity index (χ0v) is 25.3. The average Bonchev–Trinajstić information content (AvgIpc) is 2.91. The van der Waals surface area contributed by atoms with Gasteiger partial charge in [0.05, 0.1) is 0 Å². The summed E-state index contributed by atoms with van der Waals surface area (Å²) in [4.78, 5) is 28.6. The molecule has 4 rings (SSSR count). The minimum Gasteiger partial charge on any atom is -0.351 e. The lowest BCUT2D eigenvalue weighted by molar-refractivity contribution is 0.0938. The molecule has 0 aromatic heterocycles. The van der Waals surface area contributed by atoms with Crippen molar-refractivity contribution in [3.8, 4) is 0 Å². The topological polar surface area (TPSA) is 64.7 Å². The molecular formula is C28H38I2N4O2. The number of carbonyl (C=O) groups is 2. The monoisotopic (exact) mass is 716 g/mol. The van der Waals surface area contributed by atoms with E-state index in [9.17, 15) is 9.59 Å². The van der Waals surface area contributed by atoms with Gasteiger partial charge in [-0.2, -0.15) is 0 Å².